The van der Waals surface area contributed by atoms with Gasteiger partial charge in [-0.05, 0) is 85.1 Å². The third-order valence-electron chi connectivity index (χ3n) is 6.61. The molecule has 0 spiro atoms. The Balaban J connectivity index is 1.51. The summed E-state index contributed by atoms with van der Waals surface area (Å²) >= 11 is 0. The highest BCUT2D eigenvalue weighted by atomic mass is 19.1. The second kappa shape index (κ2) is 10.3. The van der Waals surface area contributed by atoms with Crippen LogP contribution in [-0.2, 0) is 23.4 Å². The molecule has 0 bridgehead atoms. The Kier molecular flexibility index (Phi) is 7.23. The molecule has 1 fully saturated rings. The molecular weight excluding hydrogens is 401 g/mol. The number of benzene rings is 3. The number of nitrogens with zero attached hydrogens (tertiary/aromatic N) is 1. The first-order valence-corrected chi connectivity index (χ1v) is 11.3. The Morgan fingerprint density at radius 3 is 2.22 bits per heavy atom. The Morgan fingerprint density at radius 1 is 0.875 bits per heavy atom. The summed E-state index contributed by atoms with van der Waals surface area (Å²) in [5.41, 5.74) is 5.10. The van der Waals surface area contributed by atoms with E-state index in [1.54, 1.807) is 7.11 Å². The molecule has 168 valence electrons. The maximum atomic E-state index is 13.6. The first-order chi connectivity index (χ1) is 15.6. The lowest BCUT2D eigenvalue weighted by Crippen LogP contribution is -2.43. The van der Waals surface area contributed by atoms with E-state index in [1.807, 2.05) is 36.4 Å². The molecule has 3 nitrogen and oxygen atoms in total. The molecule has 0 aliphatic carbocycles. The molecule has 0 aromatic heterocycles. The van der Waals surface area contributed by atoms with Crippen molar-refractivity contribution >= 4 is 0 Å². The minimum Gasteiger partial charge on any atom is -0.497 e. The molecule has 0 unspecified atom stereocenters. The van der Waals surface area contributed by atoms with E-state index < -0.39 is 6.67 Å². The van der Waals surface area contributed by atoms with E-state index in [1.165, 1.54) is 5.56 Å². The summed E-state index contributed by atoms with van der Waals surface area (Å²) in [5, 5.41) is 0. The van der Waals surface area contributed by atoms with Gasteiger partial charge in [-0.2, -0.15) is 0 Å². The van der Waals surface area contributed by atoms with Crippen molar-refractivity contribution < 1.29 is 13.9 Å². The highest BCUT2D eigenvalue weighted by Gasteiger charge is 2.35. The second-order valence-corrected chi connectivity index (χ2v) is 8.84. The molecule has 1 aliphatic rings. The van der Waals surface area contributed by atoms with Crippen LogP contribution in [0.2, 0.25) is 0 Å². The zero-order valence-corrected chi connectivity index (χ0v) is 19.0. The van der Waals surface area contributed by atoms with Crippen LogP contribution >= 0.6 is 0 Å². The molecule has 32 heavy (non-hydrogen) atoms. The van der Waals surface area contributed by atoms with Crippen molar-refractivity contribution in [2.45, 2.75) is 31.5 Å². The van der Waals surface area contributed by atoms with Crippen molar-refractivity contribution in [2.75, 3.05) is 33.9 Å². The van der Waals surface area contributed by atoms with E-state index in [2.05, 4.69) is 48.3 Å². The molecule has 0 N–H and O–H groups in total. The number of methoxy groups -OCH3 is 1. The molecule has 3 aromatic carbocycles. The lowest BCUT2D eigenvalue weighted by atomic mass is 9.73. The number of halogens is 1. The van der Waals surface area contributed by atoms with Crippen LogP contribution in [0.5, 0.6) is 5.75 Å². The number of alkyl halides is 1. The largest absolute Gasteiger partial charge is 0.497 e. The molecule has 4 rings (SSSR count). The third-order valence-corrected chi connectivity index (χ3v) is 6.61. The smallest absolute Gasteiger partial charge is 0.118 e. The van der Waals surface area contributed by atoms with Crippen LogP contribution < -0.4 is 4.74 Å². The van der Waals surface area contributed by atoms with E-state index in [0.29, 0.717) is 18.8 Å². The summed E-state index contributed by atoms with van der Waals surface area (Å²) in [6.45, 7) is 2.79. The highest BCUT2D eigenvalue weighted by Crippen LogP contribution is 2.36. The summed E-state index contributed by atoms with van der Waals surface area (Å²) in [4.78, 5) is 2.38. The lowest BCUT2D eigenvalue weighted by Gasteiger charge is -2.41. The minimum absolute atomic E-state index is 0.0320. The molecule has 0 radical (unpaired) electrons. The van der Waals surface area contributed by atoms with Crippen molar-refractivity contribution in [1.29, 1.82) is 0 Å². The quantitative estimate of drug-likeness (QED) is 0.434. The summed E-state index contributed by atoms with van der Waals surface area (Å²) in [6.07, 6.45) is 2.16. The van der Waals surface area contributed by atoms with Crippen molar-refractivity contribution in [3.8, 4) is 16.9 Å². The zero-order chi connectivity index (χ0) is 22.4. The van der Waals surface area contributed by atoms with Gasteiger partial charge in [-0.15, -0.1) is 0 Å². The first-order valence-electron chi connectivity index (χ1n) is 11.3. The lowest BCUT2D eigenvalue weighted by molar-refractivity contribution is 0.0407. The fraction of sp³-hybridized carbons (Fsp3) is 0.357. The van der Waals surface area contributed by atoms with Crippen LogP contribution in [0.15, 0.2) is 72.8 Å². The van der Waals surface area contributed by atoms with Gasteiger partial charge >= 0.3 is 0 Å². The maximum absolute atomic E-state index is 13.6. The molecule has 0 atom stereocenters. The van der Waals surface area contributed by atoms with Crippen LogP contribution in [-0.4, -0.2) is 38.8 Å². The normalized spacial score (nSPS) is 16.1. The average molecular weight is 434 g/mol. The number of likely N-dealkylation sites (tertiary alicyclic amines) is 1. The van der Waals surface area contributed by atoms with Crippen LogP contribution in [0.4, 0.5) is 4.39 Å². The number of rotatable bonds is 8. The molecule has 0 saturated carbocycles. The van der Waals surface area contributed by atoms with Gasteiger partial charge in [0.2, 0.25) is 0 Å². The van der Waals surface area contributed by atoms with E-state index in [9.17, 15) is 4.39 Å². The van der Waals surface area contributed by atoms with Gasteiger partial charge in [-0.3, -0.25) is 0 Å². The summed E-state index contributed by atoms with van der Waals surface area (Å²) < 4.78 is 25.2. The highest BCUT2D eigenvalue weighted by molar-refractivity contribution is 5.66. The molecule has 4 heteroatoms. The van der Waals surface area contributed by atoms with E-state index in [4.69, 9.17) is 9.47 Å². The van der Waals surface area contributed by atoms with Crippen LogP contribution in [0.25, 0.3) is 11.1 Å². The van der Waals surface area contributed by atoms with Gasteiger partial charge in [-0.25, -0.2) is 4.39 Å². The second-order valence-electron chi connectivity index (χ2n) is 8.84. The van der Waals surface area contributed by atoms with Gasteiger partial charge in [0.05, 0.1) is 20.3 Å². The number of hydrogen-bond acceptors (Lipinski definition) is 3. The Labute approximate surface area is 190 Å². The number of hydrogen-bond donors (Lipinski definition) is 0. The van der Waals surface area contributed by atoms with Gasteiger partial charge in [-0.1, -0.05) is 48.5 Å². The molecule has 1 saturated heterocycles. The third kappa shape index (κ3) is 5.20. The standard InChI is InChI=1S/C28H32FNO2/c1-30-14-12-28(13-15-30,26-6-4-3-5-7-26)21-32-20-23-16-22(19-29)17-25(18-23)24-8-10-27(31-2)11-9-24/h3-11,16-18H,12-15,19-21H2,1-2H3. The maximum Gasteiger partial charge on any atom is 0.118 e. The summed E-state index contributed by atoms with van der Waals surface area (Å²) in [7, 11) is 3.83. The first kappa shape index (κ1) is 22.5. The van der Waals surface area contributed by atoms with Gasteiger partial charge in [0.1, 0.15) is 12.4 Å². The van der Waals surface area contributed by atoms with Gasteiger partial charge in [0.25, 0.3) is 0 Å². The van der Waals surface area contributed by atoms with Gasteiger partial charge in [0, 0.05) is 5.41 Å². The number of ether oxygens (including phenoxy) is 2. The van der Waals surface area contributed by atoms with Crippen LogP contribution in [0, 0.1) is 0 Å². The Morgan fingerprint density at radius 2 is 1.56 bits per heavy atom. The average Bonchev–Trinajstić information content (AvgIpc) is 2.86. The molecule has 0 amide bonds. The van der Waals surface area contributed by atoms with Crippen molar-refractivity contribution in [3.63, 3.8) is 0 Å². The molecule has 1 aliphatic heterocycles. The molecular formula is C28H32FNO2. The SMILES string of the molecule is COc1ccc(-c2cc(CF)cc(COCC3(c4ccccc4)CCN(C)CC3)c2)cc1. The summed E-state index contributed by atoms with van der Waals surface area (Å²) in [5.74, 6) is 0.809. The van der Waals surface area contributed by atoms with E-state index in [-0.39, 0.29) is 5.41 Å². The Bertz CT molecular complexity index is 996. The van der Waals surface area contributed by atoms with E-state index >= 15 is 0 Å². The predicted octanol–water partition coefficient (Wildman–Crippen LogP) is 6.01. The topological polar surface area (TPSA) is 21.7 Å². The van der Waals surface area contributed by atoms with Crippen molar-refractivity contribution in [2.24, 2.45) is 0 Å². The van der Waals surface area contributed by atoms with Crippen molar-refractivity contribution in [3.05, 3.63) is 89.5 Å². The molecule has 3 aromatic rings. The van der Waals surface area contributed by atoms with Gasteiger partial charge in [0.15, 0.2) is 0 Å². The van der Waals surface area contributed by atoms with Gasteiger partial charge < -0.3 is 14.4 Å². The van der Waals surface area contributed by atoms with Crippen LogP contribution in [0.3, 0.4) is 0 Å². The van der Waals surface area contributed by atoms with Crippen LogP contribution in [0.1, 0.15) is 29.5 Å². The Hall–Kier alpha value is -2.69. The monoisotopic (exact) mass is 433 g/mol. The fourth-order valence-corrected chi connectivity index (χ4v) is 4.59. The van der Waals surface area contributed by atoms with E-state index in [0.717, 1.165) is 48.4 Å². The van der Waals surface area contributed by atoms with Crippen molar-refractivity contribution in [1.82, 2.24) is 4.90 Å². The number of piperidine rings is 1. The fourth-order valence-electron chi connectivity index (χ4n) is 4.59. The zero-order valence-electron chi connectivity index (χ0n) is 19.0. The predicted molar refractivity (Wildman–Crippen MR) is 128 cm³/mol. The minimum atomic E-state index is -0.489. The summed E-state index contributed by atoms with van der Waals surface area (Å²) in [6, 6.07) is 24.5. The molecule has 1 heterocycles.